The van der Waals surface area contributed by atoms with Crippen molar-refractivity contribution in [2.24, 2.45) is 5.92 Å². The molecule has 1 saturated heterocycles. The third-order valence-electron chi connectivity index (χ3n) is 9.37. The minimum absolute atomic E-state index is 0.740. The van der Waals surface area contributed by atoms with Crippen LogP contribution in [-0.2, 0) is 4.79 Å². The van der Waals surface area contributed by atoms with E-state index in [0.717, 1.165) is 37.5 Å². The quantitative estimate of drug-likeness (QED) is 0.0785. The van der Waals surface area contributed by atoms with Crippen molar-refractivity contribution in [1.29, 1.82) is 0 Å². The van der Waals surface area contributed by atoms with Crippen LogP contribution in [0.3, 0.4) is 0 Å². The number of piperidine rings is 1. The molecule has 0 N–H and O–H groups in total. The number of hydrogen-bond donors (Lipinski definition) is 0. The fourth-order valence-corrected chi connectivity index (χ4v) is 6.15. The standard InChI is InChI=1S/C24H36.C12H25N.C8H16O.C2H6/c1-6-10-13-23(12-8-3)24-18-16-22(17-19-24)20(5)14-15-21(9-4)11-7-2;1-3-8-12(9-4-2)13-10-6-5-7-11-13;1-3-8(2)6-4-5-7-9;1-2/h13-19H,6-12H2,1-5H3;12H,3-11H2,1-2H3;7-8H,3-6H2,1-2H3;1-2H3/b20-14+,21-15+,23-13+;;;. The maximum absolute atomic E-state index is 9.87. The van der Waals surface area contributed by atoms with Crippen LogP contribution in [0.4, 0.5) is 0 Å². The second-order valence-corrected chi connectivity index (χ2v) is 13.6. The van der Waals surface area contributed by atoms with E-state index in [1.165, 1.54) is 132 Å². The van der Waals surface area contributed by atoms with E-state index < -0.39 is 0 Å². The third-order valence-corrected chi connectivity index (χ3v) is 9.37. The molecule has 2 rings (SSSR count). The van der Waals surface area contributed by atoms with Crippen molar-refractivity contribution in [3.8, 4) is 0 Å². The van der Waals surface area contributed by atoms with Gasteiger partial charge in [-0.2, -0.15) is 0 Å². The van der Waals surface area contributed by atoms with E-state index in [0.29, 0.717) is 0 Å². The zero-order chi connectivity index (χ0) is 36.4. The summed E-state index contributed by atoms with van der Waals surface area (Å²) in [5.74, 6) is 0.796. The first-order valence-electron chi connectivity index (χ1n) is 20.7. The number of allylic oxidation sites excluding steroid dienone is 6. The first-order chi connectivity index (χ1) is 23.3. The molecule has 0 amide bonds. The van der Waals surface area contributed by atoms with Crippen molar-refractivity contribution >= 4 is 17.4 Å². The highest BCUT2D eigenvalue weighted by molar-refractivity contribution is 5.70. The minimum atomic E-state index is 0.740. The van der Waals surface area contributed by atoms with E-state index in [2.05, 4.69) is 110 Å². The minimum Gasteiger partial charge on any atom is -0.303 e. The Balaban J connectivity index is 0. The van der Waals surface area contributed by atoms with Gasteiger partial charge in [0, 0.05) is 12.5 Å². The highest BCUT2D eigenvalue weighted by atomic mass is 16.1. The molecule has 0 aromatic heterocycles. The smallest absolute Gasteiger partial charge is 0.119 e. The van der Waals surface area contributed by atoms with E-state index in [-0.39, 0.29) is 0 Å². The Kier molecular flexibility index (Phi) is 35.0. The summed E-state index contributed by atoms with van der Waals surface area (Å²) in [5.41, 5.74) is 7.11. The Morgan fingerprint density at radius 3 is 1.79 bits per heavy atom. The van der Waals surface area contributed by atoms with Crippen LogP contribution < -0.4 is 0 Å². The van der Waals surface area contributed by atoms with Crippen LogP contribution in [0.2, 0.25) is 0 Å². The van der Waals surface area contributed by atoms with Gasteiger partial charge in [-0.25, -0.2) is 0 Å². The Labute approximate surface area is 302 Å². The summed E-state index contributed by atoms with van der Waals surface area (Å²) >= 11 is 0. The molecule has 2 nitrogen and oxygen atoms in total. The molecule has 0 bridgehead atoms. The maximum atomic E-state index is 9.87. The number of likely N-dealkylation sites (tertiary alicyclic amines) is 1. The van der Waals surface area contributed by atoms with Crippen molar-refractivity contribution < 1.29 is 4.79 Å². The van der Waals surface area contributed by atoms with E-state index in [1.54, 1.807) is 5.57 Å². The first kappa shape index (κ1) is 48.2. The maximum Gasteiger partial charge on any atom is 0.119 e. The summed E-state index contributed by atoms with van der Waals surface area (Å²) in [6, 6.07) is 10.0. The zero-order valence-electron chi connectivity index (χ0n) is 34.3. The van der Waals surface area contributed by atoms with Crippen LogP contribution in [0.15, 0.2) is 48.1 Å². The number of carbonyl (C=O) groups excluding carboxylic acids is 1. The molecule has 1 atom stereocenters. The summed E-state index contributed by atoms with van der Waals surface area (Å²) in [5, 5.41) is 0. The Bertz CT molecular complexity index is 925. The monoisotopic (exact) mass is 666 g/mol. The van der Waals surface area contributed by atoms with Crippen molar-refractivity contribution in [3.63, 3.8) is 0 Å². The van der Waals surface area contributed by atoms with Crippen molar-refractivity contribution in [3.05, 3.63) is 59.2 Å². The van der Waals surface area contributed by atoms with Crippen LogP contribution in [0.5, 0.6) is 0 Å². The molecule has 1 aromatic rings. The van der Waals surface area contributed by atoms with Gasteiger partial charge in [-0.05, 0) is 106 Å². The Morgan fingerprint density at radius 1 is 0.729 bits per heavy atom. The fraction of sp³-hybridized carbons (Fsp3) is 0.717. The van der Waals surface area contributed by atoms with Crippen LogP contribution in [0, 0.1) is 5.92 Å². The van der Waals surface area contributed by atoms with Gasteiger partial charge in [-0.3, -0.25) is 0 Å². The molecular weight excluding hydrogens is 583 g/mol. The molecule has 1 unspecified atom stereocenters. The van der Waals surface area contributed by atoms with Crippen LogP contribution in [-0.4, -0.2) is 30.3 Å². The molecule has 1 fully saturated rings. The van der Waals surface area contributed by atoms with Gasteiger partial charge in [0.25, 0.3) is 0 Å². The lowest BCUT2D eigenvalue weighted by Crippen LogP contribution is -2.39. The predicted octanol–water partition coefficient (Wildman–Crippen LogP) is 15.1. The molecule has 1 aliphatic rings. The molecule has 2 heteroatoms. The normalized spacial score (nSPS) is 14.6. The molecule has 48 heavy (non-hydrogen) atoms. The summed E-state index contributed by atoms with van der Waals surface area (Å²) in [6.07, 6.45) is 30.5. The van der Waals surface area contributed by atoms with Crippen LogP contribution in [0.1, 0.15) is 203 Å². The van der Waals surface area contributed by atoms with E-state index in [1.807, 2.05) is 13.8 Å². The Morgan fingerprint density at radius 2 is 1.31 bits per heavy atom. The lowest BCUT2D eigenvalue weighted by molar-refractivity contribution is -0.107. The molecule has 0 aliphatic carbocycles. The van der Waals surface area contributed by atoms with Crippen molar-refractivity contribution in [2.45, 2.75) is 198 Å². The molecular formula is C46H83NO. The Hall–Kier alpha value is -1.93. The predicted molar refractivity (Wildman–Crippen MR) is 221 cm³/mol. The molecule has 1 heterocycles. The second kappa shape index (κ2) is 34.9. The van der Waals surface area contributed by atoms with Crippen molar-refractivity contribution in [2.75, 3.05) is 13.1 Å². The highest BCUT2D eigenvalue weighted by Crippen LogP contribution is 2.24. The summed E-state index contributed by atoms with van der Waals surface area (Å²) in [6.45, 7) is 27.0. The molecule has 278 valence electrons. The highest BCUT2D eigenvalue weighted by Gasteiger charge is 2.18. The van der Waals surface area contributed by atoms with E-state index in [9.17, 15) is 4.79 Å². The largest absolute Gasteiger partial charge is 0.303 e. The lowest BCUT2D eigenvalue weighted by atomic mass is 9.97. The number of aldehydes is 1. The summed E-state index contributed by atoms with van der Waals surface area (Å²) < 4.78 is 0. The van der Waals surface area contributed by atoms with Gasteiger partial charge in [0.05, 0.1) is 0 Å². The molecule has 0 spiro atoms. The third kappa shape index (κ3) is 24.2. The molecule has 0 saturated carbocycles. The number of benzene rings is 1. The molecule has 0 radical (unpaired) electrons. The molecule has 1 aromatic carbocycles. The number of unbranched alkanes of at least 4 members (excludes halogenated alkanes) is 2. The van der Waals surface area contributed by atoms with Crippen molar-refractivity contribution in [1.82, 2.24) is 4.90 Å². The van der Waals surface area contributed by atoms with E-state index >= 15 is 0 Å². The zero-order valence-corrected chi connectivity index (χ0v) is 34.3. The summed E-state index contributed by atoms with van der Waals surface area (Å²) in [7, 11) is 0. The SMILES string of the molecule is CC.CCC(C)CCCC=O.CCC/C=C(\CCC)c1ccc(/C(C)=C/C=C(\CC)CCC)cc1.CCCC(CCC)N1CCCCC1. The van der Waals surface area contributed by atoms with Gasteiger partial charge in [0.2, 0.25) is 0 Å². The van der Waals surface area contributed by atoms with Gasteiger partial charge >= 0.3 is 0 Å². The fourth-order valence-electron chi connectivity index (χ4n) is 6.15. The lowest BCUT2D eigenvalue weighted by Gasteiger charge is -2.34. The van der Waals surface area contributed by atoms with Gasteiger partial charge in [0.1, 0.15) is 6.29 Å². The number of rotatable bonds is 20. The number of hydrogen-bond acceptors (Lipinski definition) is 2. The van der Waals surface area contributed by atoms with Crippen LogP contribution >= 0.6 is 0 Å². The van der Waals surface area contributed by atoms with E-state index in [4.69, 9.17) is 0 Å². The van der Waals surface area contributed by atoms with Gasteiger partial charge in [0.15, 0.2) is 0 Å². The average Bonchev–Trinajstić information content (AvgIpc) is 3.13. The van der Waals surface area contributed by atoms with Crippen LogP contribution in [0.25, 0.3) is 11.1 Å². The van der Waals surface area contributed by atoms with Gasteiger partial charge < -0.3 is 9.69 Å². The number of carbonyl (C=O) groups is 1. The van der Waals surface area contributed by atoms with Gasteiger partial charge in [-0.1, -0.05) is 169 Å². The molecule has 1 aliphatic heterocycles. The second-order valence-electron chi connectivity index (χ2n) is 13.6. The topological polar surface area (TPSA) is 20.3 Å². The average molecular weight is 666 g/mol. The number of nitrogens with zero attached hydrogens (tertiary/aromatic N) is 1. The summed E-state index contributed by atoms with van der Waals surface area (Å²) in [4.78, 5) is 12.6. The first-order valence-corrected chi connectivity index (χ1v) is 20.7. The van der Waals surface area contributed by atoms with Gasteiger partial charge in [-0.15, -0.1) is 0 Å².